The Morgan fingerprint density at radius 3 is 2.44 bits per heavy atom. The quantitative estimate of drug-likeness (QED) is 0.752. The van der Waals surface area contributed by atoms with Crippen molar-refractivity contribution in [2.45, 2.75) is 19.4 Å². The van der Waals surface area contributed by atoms with Crippen molar-refractivity contribution in [2.75, 3.05) is 20.1 Å². The van der Waals surface area contributed by atoms with Gasteiger partial charge in [0.15, 0.2) is 0 Å². The van der Waals surface area contributed by atoms with Crippen LogP contribution in [-0.2, 0) is 5.60 Å². The van der Waals surface area contributed by atoms with Crippen LogP contribution in [-0.4, -0.2) is 40.1 Å². The summed E-state index contributed by atoms with van der Waals surface area (Å²) in [5.41, 5.74) is 3.45. The Labute approximate surface area is 148 Å². The van der Waals surface area contributed by atoms with E-state index in [1.54, 1.807) is 0 Å². The highest BCUT2D eigenvalue weighted by molar-refractivity contribution is 5.92. The van der Waals surface area contributed by atoms with E-state index < -0.39 is 5.60 Å². The summed E-state index contributed by atoms with van der Waals surface area (Å²) in [5, 5.41) is 12.6. The highest BCUT2D eigenvalue weighted by Crippen LogP contribution is 2.41. The number of aliphatic hydroxyl groups is 1. The molecule has 1 aliphatic heterocycles. The lowest BCUT2D eigenvalue weighted by Crippen LogP contribution is -2.53. The van der Waals surface area contributed by atoms with Crippen molar-refractivity contribution in [3.63, 3.8) is 0 Å². The van der Waals surface area contributed by atoms with Crippen molar-refractivity contribution in [1.82, 2.24) is 14.9 Å². The molecular weight excluding hydrogens is 310 g/mol. The number of fused-ring (bicyclic) bond motifs is 1. The van der Waals surface area contributed by atoms with Crippen molar-refractivity contribution < 1.29 is 5.11 Å². The van der Waals surface area contributed by atoms with Gasteiger partial charge in [-0.25, -0.2) is 4.98 Å². The average Bonchev–Trinajstić information content (AvgIpc) is 3.08. The summed E-state index contributed by atoms with van der Waals surface area (Å²) >= 11 is 0. The van der Waals surface area contributed by atoms with Crippen LogP contribution in [0.2, 0.25) is 0 Å². The van der Waals surface area contributed by atoms with Gasteiger partial charge in [-0.15, -0.1) is 0 Å². The van der Waals surface area contributed by atoms with Crippen LogP contribution >= 0.6 is 0 Å². The van der Waals surface area contributed by atoms with Gasteiger partial charge in [0.05, 0.1) is 5.60 Å². The SMILES string of the molecule is C[C@@H]1CN(C)C[C@H](C)C1(O)c1ccc(-c2ccnc3[nH]ccc23)cc1. The number of benzene rings is 1. The molecule has 3 heterocycles. The normalized spacial score (nSPS) is 27.7. The topological polar surface area (TPSA) is 52.1 Å². The number of nitrogens with one attached hydrogen (secondary N) is 1. The Balaban J connectivity index is 1.72. The third kappa shape index (κ3) is 2.57. The Bertz CT molecular complexity index is 872. The standard InChI is InChI=1S/C21H25N3O/c1-14-12-24(3)13-15(2)21(14,25)17-6-4-16(5-7-17)18-8-10-22-20-19(18)9-11-23-20/h4-11,14-15,25H,12-13H2,1-3H3,(H,22,23)/t14-,15+,21?. The Morgan fingerprint density at radius 2 is 1.76 bits per heavy atom. The number of hydrogen-bond acceptors (Lipinski definition) is 3. The molecule has 1 unspecified atom stereocenters. The molecule has 4 nitrogen and oxygen atoms in total. The van der Waals surface area contributed by atoms with Gasteiger partial charge in [-0.3, -0.25) is 0 Å². The molecule has 1 saturated heterocycles. The third-order valence-corrected chi connectivity index (χ3v) is 5.79. The lowest BCUT2D eigenvalue weighted by Gasteiger charge is -2.47. The molecular formula is C21H25N3O. The number of H-pyrrole nitrogens is 1. The molecule has 0 spiro atoms. The molecule has 1 aromatic carbocycles. The van der Waals surface area contributed by atoms with Crippen molar-refractivity contribution in [3.05, 3.63) is 54.4 Å². The van der Waals surface area contributed by atoms with E-state index in [9.17, 15) is 5.11 Å². The minimum absolute atomic E-state index is 0.199. The van der Waals surface area contributed by atoms with E-state index in [-0.39, 0.29) is 11.8 Å². The molecule has 0 bridgehead atoms. The van der Waals surface area contributed by atoms with Gasteiger partial charge in [0.25, 0.3) is 0 Å². The second-order valence-electron chi connectivity index (χ2n) is 7.52. The van der Waals surface area contributed by atoms with E-state index in [0.717, 1.165) is 40.8 Å². The van der Waals surface area contributed by atoms with Crippen molar-refractivity contribution in [3.8, 4) is 11.1 Å². The van der Waals surface area contributed by atoms with E-state index in [0.29, 0.717) is 0 Å². The number of aromatic amines is 1. The Kier molecular flexibility index (Phi) is 3.89. The maximum absolute atomic E-state index is 11.5. The van der Waals surface area contributed by atoms with Gasteiger partial charge in [0.2, 0.25) is 0 Å². The molecule has 0 saturated carbocycles. The fraction of sp³-hybridized carbons (Fsp3) is 0.381. The zero-order valence-electron chi connectivity index (χ0n) is 15.0. The Hall–Kier alpha value is -2.17. The number of aromatic nitrogens is 2. The van der Waals surface area contributed by atoms with Crippen molar-refractivity contribution >= 4 is 11.0 Å². The van der Waals surface area contributed by atoms with E-state index >= 15 is 0 Å². The third-order valence-electron chi connectivity index (χ3n) is 5.79. The molecule has 1 aliphatic rings. The highest BCUT2D eigenvalue weighted by Gasteiger charge is 2.44. The molecule has 1 fully saturated rings. The summed E-state index contributed by atoms with van der Waals surface area (Å²) in [4.78, 5) is 9.82. The van der Waals surface area contributed by atoms with Crippen LogP contribution in [0.5, 0.6) is 0 Å². The number of rotatable bonds is 2. The first kappa shape index (κ1) is 16.3. The molecule has 0 radical (unpaired) electrons. The average molecular weight is 335 g/mol. The van der Waals surface area contributed by atoms with Gasteiger partial charge in [-0.1, -0.05) is 38.1 Å². The maximum Gasteiger partial charge on any atom is 0.137 e. The fourth-order valence-electron chi connectivity index (χ4n) is 4.47. The molecule has 130 valence electrons. The summed E-state index contributed by atoms with van der Waals surface area (Å²) in [6, 6.07) is 12.5. The number of piperidine rings is 1. The second kappa shape index (κ2) is 5.97. The second-order valence-corrected chi connectivity index (χ2v) is 7.52. The van der Waals surface area contributed by atoms with Gasteiger partial charge in [0, 0.05) is 42.7 Å². The molecule has 3 aromatic rings. The van der Waals surface area contributed by atoms with Crippen LogP contribution in [0.4, 0.5) is 0 Å². The minimum Gasteiger partial charge on any atom is -0.385 e. The van der Waals surface area contributed by atoms with Crippen LogP contribution in [0.3, 0.4) is 0 Å². The summed E-state index contributed by atoms with van der Waals surface area (Å²) in [5.74, 6) is 0.397. The number of pyridine rings is 1. The van der Waals surface area contributed by atoms with Crippen LogP contribution < -0.4 is 0 Å². The van der Waals surface area contributed by atoms with Crippen molar-refractivity contribution in [2.24, 2.45) is 11.8 Å². The molecule has 4 rings (SSSR count). The summed E-state index contributed by atoms with van der Waals surface area (Å²) in [6.07, 6.45) is 3.75. The number of likely N-dealkylation sites (tertiary alicyclic amines) is 1. The molecule has 2 aromatic heterocycles. The summed E-state index contributed by atoms with van der Waals surface area (Å²) in [7, 11) is 2.13. The van der Waals surface area contributed by atoms with Crippen LogP contribution in [0.1, 0.15) is 19.4 Å². The number of hydrogen-bond donors (Lipinski definition) is 2. The highest BCUT2D eigenvalue weighted by atomic mass is 16.3. The molecule has 4 heteroatoms. The Morgan fingerprint density at radius 1 is 1.08 bits per heavy atom. The molecule has 0 amide bonds. The monoisotopic (exact) mass is 335 g/mol. The van der Waals surface area contributed by atoms with Crippen molar-refractivity contribution in [1.29, 1.82) is 0 Å². The molecule has 25 heavy (non-hydrogen) atoms. The largest absolute Gasteiger partial charge is 0.385 e. The molecule has 2 N–H and O–H groups in total. The molecule has 3 atom stereocenters. The van der Waals surface area contributed by atoms with Crippen LogP contribution in [0.25, 0.3) is 22.2 Å². The zero-order chi connectivity index (χ0) is 17.6. The lowest BCUT2D eigenvalue weighted by atomic mass is 9.71. The van der Waals surface area contributed by atoms with E-state index in [4.69, 9.17) is 0 Å². The molecule has 0 aliphatic carbocycles. The maximum atomic E-state index is 11.5. The predicted octanol–water partition coefficient (Wildman–Crippen LogP) is 3.64. The fourth-order valence-corrected chi connectivity index (χ4v) is 4.47. The van der Waals surface area contributed by atoms with Crippen LogP contribution in [0, 0.1) is 11.8 Å². The smallest absolute Gasteiger partial charge is 0.137 e. The first-order valence-electron chi connectivity index (χ1n) is 8.94. The van der Waals surface area contributed by atoms with E-state index in [1.165, 1.54) is 0 Å². The first-order valence-corrected chi connectivity index (χ1v) is 8.94. The van der Waals surface area contributed by atoms with Gasteiger partial charge in [-0.2, -0.15) is 0 Å². The van der Waals surface area contributed by atoms with E-state index in [2.05, 4.69) is 66.1 Å². The van der Waals surface area contributed by atoms with Gasteiger partial charge < -0.3 is 15.0 Å². The zero-order valence-corrected chi connectivity index (χ0v) is 15.0. The first-order chi connectivity index (χ1) is 12.0. The van der Waals surface area contributed by atoms with Gasteiger partial charge >= 0.3 is 0 Å². The van der Waals surface area contributed by atoms with Crippen LogP contribution in [0.15, 0.2) is 48.8 Å². The predicted molar refractivity (Wildman–Crippen MR) is 101 cm³/mol. The number of nitrogens with zero attached hydrogens (tertiary/aromatic N) is 2. The summed E-state index contributed by atoms with van der Waals surface area (Å²) in [6.45, 7) is 6.12. The summed E-state index contributed by atoms with van der Waals surface area (Å²) < 4.78 is 0. The van der Waals surface area contributed by atoms with E-state index in [1.807, 2.05) is 18.5 Å². The lowest BCUT2D eigenvalue weighted by molar-refractivity contribution is -0.108. The minimum atomic E-state index is -0.771. The van der Waals surface area contributed by atoms with Gasteiger partial charge in [0.1, 0.15) is 5.65 Å². The van der Waals surface area contributed by atoms with Gasteiger partial charge in [-0.05, 0) is 35.9 Å².